The lowest BCUT2D eigenvalue weighted by atomic mass is 9.96. The van der Waals surface area contributed by atoms with Crippen molar-refractivity contribution in [1.29, 1.82) is 0 Å². The van der Waals surface area contributed by atoms with Crippen LogP contribution in [0.2, 0.25) is 0 Å². The number of rotatable bonds is 7. The third-order valence-electron chi connectivity index (χ3n) is 6.98. The van der Waals surface area contributed by atoms with Gasteiger partial charge in [-0.2, -0.15) is 0 Å². The van der Waals surface area contributed by atoms with Gasteiger partial charge in [0.1, 0.15) is 11.9 Å². The Morgan fingerprint density at radius 2 is 1.81 bits per heavy atom. The molecule has 0 radical (unpaired) electrons. The van der Waals surface area contributed by atoms with Crippen molar-refractivity contribution in [3.8, 4) is 0 Å². The van der Waals surface area contributed by atoms with Gasteiger partial charge in [-0.1, -0.05) is 37.5 Å². The molecule has 1 aliphatic carbocycles. The lowest BCUT2D eigenvalue weighted by molar-refractivity contribution is -0.135. The number of nitrogens with zero attached hydrogens (tertiary/aromatic N) is 2. The number of carbonyl (C=O) groups excluding carboxylic acids is 2. The summed E-state index contributed by atoms with van der Waals surface area (Å²) in [6, 6.07) is 13.8. The first-order valence-corrected chi connectivity index (χ1v) is 13.4. The van der Waals surface area contributed by atoms with Crippen LogP contribution in [0.25, 0.3) is 10.9 Å². The smallest absolute Gasteiger partial charge is 0.264 e. The number of fused-ring (bicyclic) bond motifs is 1. The number of piperidine rings is 1. The third kappa shape index (κ3) is 5.32. The number of amides is 2. The Labute approximate surface area is 214 Å². The SMILES string of the molecule is Cc1nc2cccc(NCc3ccc(SNC4CCCCC4)cc3)c2c(=O)n1C1CCC(=O)NC1=O. The average Bonchev–Trinajstić information content (AvgIpc) is 2.88. The van der Waals surface area contributed by atoms with Crippen LogP contribution in [-0.4, -0.2) is 27.4 Å². The molecule has 3 aromatic rings. The van der Waals surface area contributed by atoms with Gasteiger partial charge in [-0.05, 0) is 68.0 Å². The molecule has 188 valence electrons. The van der Waals surface area contributed by atoms with E-state index in [4.69, 9.17) is 0 Å². The van der Waals surface area contributed by atoms with E-state index < -0.39 is 11.9 Å². The molecule has 2 aliphatic rings. The van der Waals surface area contributed by atoms with Gasteiger partial charge >= 0.3 is 0 Å². The molecule has 3 N–H and O–H groups in total. The zero-order valence-electron chi connectivity index (χ0n) is 20.4. The molecule has 1 aliphatic heterocycles. The van der Waals surface area contributed by atoms with Crippen molar-refractivity contribution in [2.75, 3.05) is 5.32 Å². The van der Waals surface area contributed by atoms with Gasteiger partial charge < -0.3 is 5.32 Å². The third-order valence-corrected chi connectivity index (χ3v) is 7.94. The monoisotopic (exact) mass is 505 g/mol. The highest BCUT2D eigenvalue weighted by molar-refractivity contribution is 7.97. The molecule has 2 heterocycles. The normalized spacial score (nSPS) is 18.9. The average molecular weight is 506 g/mol. The zero-order valence-corrected chi connectivity index (χ0v) is 21.2. The molecule has 1 aromatic heterocycles. The highest BCUT2D eigenvalue weighted by Gasteiger charge is 2.30. The van der Waals surface area contributed by atoms with Gasteiger partial charge in [0, 0.05) is 29.6 Å². The summed E-state index contributed by atoms with van der Waals surface area (Å²) in [5, 5.41) is 6.16. The molecule has 5 rings (SSSR count). The Bertz CT molecular complexity index is 1330. The van der Waals surface area contributed by atoms with Crippen LogP contribution in [-0.2, 0) is 16.1 Å². The van der Waals surface area contributed by atoms with Crippen molar-refractivity contribution >= 4 is 40.4 Å². The molecule has 0 bridgehead atoms. The summed E-state index contributed by atoms with van der Waals surface area (Å²) in [5.41, 5.74) is 2.06. The molecular weight excluding hydrogens is 474 g/mol. The Morgan fingerprint density at radius 3 is 2.56 bits per heavy atom. The summed E-state index contributed by atoms with van der Waals surface area (Å²) < 4.78 is 5.01. The van der Waals surface area contributed by atoms with Crippen molar-refractivity contribution in [3.63, 3.8) is 0 Å². The minimum Gasteiger partial charge on any atom is -0.380 e. The number of imide groups is 1. The van der Waals surface area contributed by atoms with Crippen LogP contribution in [0.5, 0.6) is 0 Å². The van der Waals surface area contributed by atoms with Crippen LogP contribution in [0.15, 0.2) is 52.2 Å². The highest BCUT2D eigenvalue weighted by atomic mass is 32.2. The second-order valence-electron chi connectivity index (χ2n) is 9.55. The molecule has 0 spiro atoms. The fourth-order valence-corrected chi connectivity index (χ4v) is 5.85. The van der Waals surface area contributed by atoms with Crippen LogP contribution in [0.1, 0.15) is 62.4 Å². The fourth-order valence-electron chi connectivity index (χ4n) is 5.04. The molecule has 2 amide bonds. The van der Waals surface area contributed by atoms with Crippen LogP contribution in [0, 0.1) is 6.92 Å². The van der Waals surface area contributed by atoms with E-state index in [1.807, 2.05) is 12.1 Å². The molecule has 2 aromatic carbocycles. The van der Waals surface area contributed by atoms with Gasteiger partial charge in [0.15, 0.2) is 0 Å². The van der Waals surface area contributed by atoms with Gasteiger partial charge in [0.2, 0.25) is 11.8 Å². The molecule has 1 unspecified atom stereocenters. The largest absolute Gasteiger partial charge is 0.380 e. The first-order valence-electron chi connectivity index (χ1n) is 12.6. The molecule has 2 fully saturated rings. The molecule has 1 atom stereocenters. The molecule has 8 nitrogen and oxygen atoms in total. The molecule has 9 heteroatoms. The highest BCUT2D eigenvalue weighted by Crippen LogP contribution is 2.25. The predicted molar refractivity (Wildman–Crippen MR) is 142 cm³/mol. The van der Waals surface area contributed by atoms with Crippen LogP contribution in [0.4, 0.5) is 5.69 Å². The molecular formula is C27H31N5O3S. The van der Waals surface area contributed by atoms with E-state index in [1.165, 1.54) is 41.6 Å². The number of carbonyl (C=O) groups is 2. The quantitative estimate of drug-likeness (QED) is 0.326. The van der Waals surface area contributed by atoms with Gasteiger partial charge in [-0.3, -0.25) is 29.0 Å². The number of benzene rings is 2. The zero-order chi connectivity index (χ0) is 25.1. The summed E-state index contributed by atoms with van der Waals surface area (Å²) in [7, 11) is 0. The van der Waals surface area contributed by atoms with Gasteiger partial charge in [-0.15, -0.1) is 0 Å². The molecule has 1 saturated heterocycles. The van der Waals surface area contributed by atoms with Gasteiger partial charge in [0.05, 0.1) is 10.9 Å². The lowest BCUT2D eigenvalue weighted by Crippen LogP contribution is -2.45. The number of aryl methyl sites for hydroxylation is 1. The van der Waals surface area contributed by atoms with Crippen LogP contribution < -0.4 is 20.9 Å². The van der Waals surface area contributed by atoms with E-state index in [1.54, 1.807) is 24.9 Å². The first-order chi connectivity index (χ1) is 17.5. The number of hydrogen-bond donors (Lipinski definition) is 3. The van der Waals surface area contributed by atoms with Crippen molar-refractivity contribution in [2.24, 2.45) is 0 Å². The molecule has 1 saturated carbocycles. The summed E-state index contributed by atoms with van der Waals surface area (Å²) in [5.74, 6) is -0.319. The fraction of sp³-hybridized carbons (Fsp3) is 0.407. The van der Waals surface area contributed by atoms with Gasteiger partial charge in [-0.25, -0.2) is 4.98 Å². The van der Waals surface area contributed by atoms with Crippen molar-refractivity contribution in [2.45, 2.75) is 75.4 Å². The van der Waals surface area contributed by atoms with E-state index in [9.17, 15) is 14.4 Å². The Kier molecular flexibility index (Phi) is 7.38. The standard InChI is InChI=1S/C27H31N5O3S/c1-17-29-22-9-5-8-21(25(22)27(35)32(17)23-14-15-24(33)30-26(23)34)28-16-18-10-12-20(13-11-18)36-31-19-6-3-2-4-7-19/h5,8-13,19,23,28,31H,2-4,6-7,14-16H2,1H3,(H,30,33,34). The van der Waals surface area contributed by atoms with Crippen molar-refractivity contribution in [3.05, 3.63) is 64.2 Å². The van der Waals surface area contributed by atoms with Crippen molar-refractivity contribution in [1.82, 2.24) is 19.6 Å². The van der Waals surface area contributed by atoms with Crippen LogP contribution >= 0.6 is 11.9 Å². The minimum absolute atomic E-state index is 0.199. The Morgan fingerprint density at radius 1 is 1.03 bits per heavy atom. The van der Waals surface area contributed by atoms with E-state index in [0.717, 1.165) is 5.56 Å². The van der Waals surface area contributed by atoms with Crippen molar-refractivity contribution < 1.29 is 9.59 Å². The Hall–Kier alpha value is -3.17. The maximum atomic E-state index is 13.6. The Balaban J connectivity index is 1.32. The van der Waals surface area contributed by atoms with E-state index >= 15 is 0 Å². The number of aromatic nitrogens is 2. The van der Waals surface area contributed by atoms with E-state index in [-0.39, 0.29) is 24.3 Å². The van der Waals surface area contributed by atoms with E-state index in [0.29, 0.717) is 35.0 Å². The summed E-state index contributed by atoms with van der Waals surface area (Å²) >= 11 is 1.69. The first kappa shape index (κ1) is 24.5. The molecule has 36 heavy (non-hydrogen) atoms. The van der Waals surface area contributed by atoms with E-state index in [2.05, 4.69) is 44.6 Å². The number of nitrogens with one attached hydrogen (secondary N) is 3. The topological polar surface area (TPSA) is 105 Å². The van der Waals surface area contributed by atoms with Gasteiger partial charge in [0.25, 0.3) is 5.56 Å². The maximum absolute atomic E-state index is 13.6. The number of hydrogen-bond acceptors (Lipinski definition) is 7. The summed E-state index contributed by atoms with van der Waals surface area (Å²) in [6.07, 6.45) is 6.95. The predicted octanol–water partition coefficient (Wildman–Crippen LogP) is 4.22. The number of anilines is 1. The minimum atomic E-state index is -0.743. The maximum Gasteiger partial charge on any atom is 0.264 e. The summed E-state index contributed by atoms with van der Waals surface area (Å²) in [4.78, 5) is 43.4. The second kappa shape index (κ2) is 10.8. The lowest BCUT2D eigenvalue weighted by Gasteiger charge is -2.24. The van der Waals surface area contributed by atoms with Crippen LogP contribution in [0.3, 0.4) is 0 Å². The second-order valence-corrected chi connectivity index (χ2v) is 10.5. The summed E-state index contributed by atoms with van der Waals surface area (Å²) in [6.45, 7) is 2.26.